The third-order valence-corrected chi connectivity index (χ3v) is 28.9. The van der Waals surface area contributed by atoms with Gasteiger partial charge in [0, 0.05) is 102 Å². The van der Waals surface area contributed by atoms with Gasteiger partial charge in [0.15, 0.2) is 27.7 Å². The van der Waals surface area contributed by atoms with Gasteiger partial charge in [-0.1, -0.05) is 6.07 Å². The van der Waals surface area contributed by atoms with Crippen molar-refractivity contribution in [2.45, 2.75) is 108 Å². The number of benzene rings is 6. The molecule has 0 aromatic heterocycles. The van der Waals surface area contributed by atoms with E-state index < -0.39 is 72.2 Å². The van der Waals surface area contributed by atoms with Crippen molar-refractivity contribution >= 4 is 144 Å². The molecule has 6 aliphatic rings. The molecule has 6 aromatic rings. The maximum atomic E-state index is 12.1. The molecule has 7 atom stereocenters. The van der Waals surface area contributed by atoms with Crippen LogP contribution in [0, 0.1) is 0 Å². The van der Waals surface area contributed by atoms with Crippen LogP contribution in [0.2, 0.25) is 0 Å². The number of aliphatic imine (C=N–C) groups is 6. The number of methoxy groups -OCH3 is 3. The number of aromatic hydroxyl groups is 8. The van der Waals surface area contributed by atoms with E-state index in [9.17, 15) is 74.7 Å². The standard InChI is InChI=1S/C20H29NO7S.C18H26INO7PS.C18H25NO7S.C14H17NO4S.C12H13NO4S.C11H11NO4S/c1-4-27-19(23)20(2)14-29-18(21-20)16-6-5-15(13-17(16)22)28-12-11-26-10-9-25-8-7-24-3;1-18(17(22)27-19-28)12-29-16(20-18)14-4-3-13(11-15(14)21)26-10-9-25-8-7-24-6-5-23-2;1-18(17(21)22)12-27-16(19-18)14-4-3-13(11-15(14)20)26-10-9-25-8-7-24-6-5-23-2;1-8(2)19-13(18)14(3)7-20-12(15-14)10-5-4-9(16)6-11(10)17;1-12(11(16)17)6-18-10(13-12)8-3-2-7(5-14)4-9(8)15;1-11(10(15)16)5-17-9(12-11)7-3-2-6(13)4-8(7)14/h5-6,13,22H,4,7-12,14H2,1-3H3;3-4,11,21H,5-10,12,28H2,1-2H3;3-4,11,20H,5-10,12H2,1-2H3,(H,21,22);4-6,8,16-17H,7H2,1-3H3;2-4,14-15H,5-6H2,1H3,(H,16,17);2-4,13-14H,5H2,1H3,(H,15,16)/q;-1;;;;/t20-;2*18-;14-;12-;11-/m111111/s1. The molecule has 0 bridgehead atoms. The molecule has 0 saturated heterocycles. The van der Waals surface area contributed by atoms with E-state index >= 15 is 0 Å². The van der Waals surface area contributed by atoms with Gasteiger partial charge in [0.2, 0.25) is 0 Å². The zero-order valence-electron chi connectivity index (χ0n) is 79.4. The number of phenols is 8. The molecule has 6 aliphatic heterocycles. The molecule has 0 spiro atoms. The number of aliphatic hydroxyl groups is 1. The minimum Gasteiger partial charge on any atom is -0.508 e. The first-order valence-corrected chi connectivity index (χ1v) is 54.4. The first kappa shape index (κ1) is 118. The quantitative estimate of drug-likeness (QED) is 0.00744. The fourth-order valence-corrected chi connectivity index (χ4v) is 20.3. The van der Waals surface area contributed by atoms with Gasteiger partial charge in [0.05, 0.1) is 112 Å². The summed E-state index contributed by atoms with van der Waals surface area (Å²) in [5.41, 5.74) is -2.53. The number of esters is 2. The summed E-state index contributed by atoms with van der Waals surface area (Å²) in [6.07, 6.45) is -0.189. The van der Waals surface area contributed by atoms with E-state index in [1.807, 2.05) is 0 Å². The van der Waals surface area contributed by atoms with Crippen molar-refractivity contribution in [1.82, 2.24) is 0 Å². The maximum absolute atomic E-state index is 12.1. The molecular formula is C93H121IN6O33PS6-. The molecule has 0 fully saturated rings. The summed E-state index contributed by atoms with van der Waals surface area (Å²) in [6, 6.07) is 28.1. The summed E-state index contributed by atoms with van der Waals surface area (Å²) in [5, 5.41) is 118. The number of carbonyl (C=O) groups is 6. The number of aliphatic carboxylic acids is 3. The van der Waals surface area contributed by atoms with Crippen LogP contribution < -0.4 is 35.3 Å². The third kappa shape index (κ3) is 36.6. The van der Waals surface area contributed by atoms with Crippen LogP contribution in [-0.2, 0) is 90.5 Å². The van der Waals surface area contributed by atoms with Crippen molar-refractivity contribution in [3.8, 4) is 63.2 Å². The van der Waals surface area contributed by atoms with Crippen LogP contribution in [0.5, 0.6) is 63.2 Å². The summed E-state index contributed by atoms with van der Waals surface area (Å²) in [4.78, 5) is 95.5. The number of thioether (sulfide) groups is 6. The van der Waals surface area contributed by atoms with Crippen LogP contribution in [0.3, 0.4) is 0 Å². The molecule has 12 rings (SSSR count). The predicted octanol–water partition coefficient (Wildman–Crippen LogP) is 8.05. The molecule has 6 aromatic carbocycles. The first-order chi connectivity index (χ1) is 66.6. The Morgan fingerprint density at radius 3 is 0.850 bits per heavy atom. The zero-order valence-corrected chi connectivity index (χ0v) is 87.6. The summed E-state index contributed by atoms with van der Waals surface area (Å²) in [5.74, 6) is -0.105. The summed E-state index contributed by atoms with van der Waals surface area (Å²) in [7, 11) is 4.87. The Morgan fingerprint density at radius 1 is 0.350 bits per heavy atom. The molecule has 0 amide bonds. The Kier molecular flexibility index (Phi) is 49.3. The molecule has 0 aliphatic carbocycles. The second-order valence-corrected chi connectivity index (χ2v) is 40.0. The van der Waals surface area contributed by atoms with Crippen molar-refractivity contribution in [2.75, 3.05) is 181 Å². The van der Waals surface area contributed by atoms with E-state index in [1.54, 1.807) is 131 Å². The number of rotatable bonds is 46. The van der Waals surface area contributed by atoms with Gasteiger partial charge in [-0.25, -0.2) is 24.0 Å². The molecule has 0 saturated carbocycles. The molecule has 12 N–H and O–H groups in total. The molecule has 47 heteroatoms. The van der Waals surface area contributed by atoms with Crippen LogP contribution in [0.15, 0.2) is 139 Å². The van der Waals surface area contributed by atoms with Crippen LogP contribution in [-0.4, -0.2) is 348 Å². The van der Waals surface area contributed by atoms with Gasteiger partial charge in [0.25, 0.3) is 0 Å². The number of carboxylic acids is 3. The number of hydrogen-bond acceptors (Lipinski definition) is 42. The van der Waals surface area contributed by atoms with Gasteiger partial charge in [-0.15, -0.1) is 58.8 Å². The van der Waals surface area contributed by atoms with E-state index in [-0.39, 0.29) is 76.6 Å². The Bertz CT molecular complexity index is 5220. The molecule has 140 heavy (non-hydrogen) atoms. The largest absolute Gasteiger partial charge is 0.508 e. The smallest absolute Gasteiger partial charge is 0.332 e. The second-order valence-electron chi connectivity index (χ2n) is 32.1. The van der Waals surface area contributed by atoms with E-state index in [4.69, 9.17) is 84.7 Å². The number of aliphatic hydroxyl groups excluding tert-OH is 1. The number of phenolic OH excluding ortho intramolecular Hbond substituents is 8. The Hall–Kier alpha value is -9.18. The Labute approximate surface area is 848 Å². The van der Waals surface area contributed by atoms with Gasteiger partial charge in [-0.3, -0.25) is 25.0 Å². The van der Waals surface area contributed by atoms with Gasteiger partial charge in [0.1, 0.15) is 90.2 Å². The van der Waals surface area contributed by atoms with Crippen LogP contribution in [0.4, 0.5) is 0 Å². The topological polar surface area (TPSA) is 558 Å². The number of carboxylic acid groups (broad SMARTS) is 3. The number of hydrogen-bond donors (Lipinski definition) is 12. The van der Waals surface area contributed by atoms with E-state index in [0.29, 0.717) is 247 Å². The van der Waals surface area contributed by atoms with Gasteiger partial charge in [-0.05, 0) is 122 Å². The zero-order chi connectivity index (χ0) is 103. The van der Waals surface area contributed by atoms with Gasteiger partial charge >= 0.3 is 170 Å². The van der Waals surface area contributed by atoms with Crippen LogP contribution in [0.1, 0.15) is 101 Å². The monoisotopic (exact) mass is 2200 g/mol. The molecule has 0 radical (unpaired) electrons. The average Bonchev–Trinajstić information content (AvgIpc) is 1.76. The van der Waals surface area contributed by atoms with Gasteiger partial charge in [-0.2, -0.15) is 0 Å². The summed E-state index contributed by atoms with van der Waals surface area (Å²) >= 11 is 7.45. The minimum atomic E-state index is -1.16. The van der Waals surface area contributed by atoms with Crippen molar-refractivity contribution in [2.24, 2.45) is 30.0 Å². The molecule has 1 unspecified atom stereocenters. The molecular weight excluding hydrogens is 2080 g/mol. The maximum Gasteiger partial charge on any atom is 0.332 e. The predicted molar refractivity (Wildman–Crippen MR) is 536 cm³/mol. The van der Waals surface area contributed by atoms with Crippen molar-refractivity contribution < 1.29 is 180 Å². The minimum absolute atomic E-state index is 0.000787. The Morgan fingerprint density at radius 2 is 0.600 bits per heavy atom. The second kappa shape index (κ2) is 58.5. The number of nitrogens with zero attached hydrogens (tertiary/aromatic N) is 6. The van der Waals surface area contributed by atoms with E-state index in [2.05, 4.69) is 36.8 Å². The molecule has 39 nitrogen and oxygen atoms in total. The third-order valence-electron chi connectivity index (χ3n) is 19.9. The fraction of sp³-hybridized carbons (Fsp3) is 0.484. The van der Waals surface area contributed by atoms with Crippen molar-refractivity contribution in [3.63, 3.8) is 0 Å². The molecule has 770 valence electrons. The average molecular weight is 2200 g/mol. The van der Waals surface area contributed by atoms with Crippen LogP contribution in [0.25, 0.3) is 0 Å². The SMILES string of the molecule is CC(C)OC(=O)[C@@]1(C)CSC(c2ccc(O)cc2O)=N1.CCOC(=O)[C@@]1(C)CSC(c2ccc(OCCOCCOCCOC)cc2O)=N1.COCCOCCOCCOc1ccc(C2=N[C@@](C)(C(=O)O)CS2)c(O)c1.COCCOCCOCCOc1ccc(C2=N[C@@](C)(C(=O)O[I-]P)CS2)c(O)c1.C[C@]1(C(=O)O)CSC(c2ccc(CO)cc2O)=N1.C[C@]1(C(=O)O)CSC(c2ccc(O)cc2O)=N1. The fourth-order valence-electron chi connectivity index (χ4n) is 11.9. The summed E-state index contributed by atoms with van der Waals surface area (Å²) < 4.78 is 78.9. The number of halogens is 1. The number of ether oxygens (including phenoxy) is 14. The normalized spacial score (nSPS) is 20.3. The van der Waals surface area contributed by atoms with Gasteiger partial charge < -0.3 is 118 Å². The van der Waals surface area contributed by atoms with E-state index in [1.165, 1.54) is 132 Å². The Balaban J connectivity index is 0.000000231. The molecule has 6 heterocycles. The number of carbonyl (C=O) groups excluding carboxylic acids is 3. The first-order valence-electron chi connectivity index (χ1n) is 43.4. The van der Waals surface area contributed by atoms with Crippen molar-refractivity contribution in [3.05, 3.63) is 148 Å². The van der Waals surface area contributed by atoms with Crippen molar-refractivity contribution in [1.29, 1.82) is 0 Å². The van der Waals surface area contributed by atoms with Crippen LogP contribution >= 0.6 is 77.5 Å². The summed E-state index contributed by atoms with van der Waals surface area (Å²) in [6.45, 7) is 26.3. The van der Waals surface area contributed by atoms with E-state index in [0.717, 1.165) is 0 Å².